The largest absolute Gasteiger partial charge is 0.381 e. The molecule has 1 unspecified atom stereocenters. The highest BCUT2D eigenvalue weighted by Gasteiger charge is 2.35. The molecule has 1 aliphatic heterocycles. The fourth-order valence-corrected chi connectivity index (χ4v) is 3.51. The van der Waals surface area contributed by atoms with E-state index in [1.165, 1.54) is 11.5 Å². The van der Waals surface area contributed by atoms with Gasteiger partial charge in [-0.05, 0) is 19.3 Å². The van der Waals surface area contributed by atoms with Crippen LogP contribution < -0.4 is 5.32 Å². The maximum Gasteiger partial charge on any atom is 0.323 e. The highest BCUT2D eigenvalue weighted by atomic mass is 32.1. The molecule has 2 amide bonds. The van der Waals surface area contributed by atoms with Gasteiger partial charge in [-0.25, -0.2) is 4.79 Å². The van der Waals surface area contributed by atoms with E-state index in [1.54, 1.807) is 0 Å². The number of anilines is 1. The van der Waals surface area contributed by atoms with Crippen LogP contribution in [-0.4, -0.2) is 46.1 Å². The first-order chi connectivity index (χ1) is 11.8. The molecule has 1 saturated carbocycles. The average Bonchev–Trinajstić information content (AvgIpc) is 3.11. The van der Waals surface area contributed by atoms with Crippen molar-refractivity contribution in [2.45, 2.75) is 25.3 Å². The lowest BCUT2D eigenvalue weighted by atomic mass is 10.1. The molecule has 1 atom stereocenters. The van der Waals surface area contributed by atoms with Gasteiger partial charge >= 0.3 is 6.03 Å². The van der Waals surface area contributed by atoms with E-state index in [2.05, 4.69) is 14.7 Å². The first-order valence-corrected chi connectivity index (χ1v) is 9.11. The summed E-state index contributed by atoms with van der Waals surface area (Å²) in [6.07, 6.45) is 3.21. The summed E-state index contributed by atoms with van der Waals surface area (Å²) >= 11 is 1.22. The van der Waals surface area contributed by atoms with Crippen LogP contribution in [0.25, 0.3) is 11.4 Å². The van der Waals surface area contributed by atoms with Crippen LogP contribution in [0.2, 0.25) is 0 Å². The molecule has 1 aliphatic carbocycles. The van der Waals surface area contributed by atoms with Gasteiger partial charge < -0.3 is 9.64 Å². The number of amides is 2. The predicted octanol–water partition coefficient (Wildman–Crippen LogP) is 3.24. The minimum atomic E-state index is -0.0693. The SMILES string of the molecule is O=C(Nc1nc(-c2ccccc2)ns1)N(CC1CCOC1)C1CC1. The summed E-state index contributed by atoms with van der Waals surface area (Å²) in [6.45, 7) is 2.33. The van der Waals surface area contributed by atoms with Gasteiger partial charge in [0.2, 0.25) is 5.13 Å². The lowest BCUT2D eigenvalue weighted by molar-refractivity contribution is 0.167. The van der Waals surface area contributed by atoms with E-state index in [9.17, 15) is 4.79 Å². The Morgan fingerprint density at radius 1 is 1.29 bits per heavy atom. The van der Waals surface area contributed by atoms with Gasteiger partial charge in [-0.2, -0.15) is 9.36 Å². The van der Waals surface area contributed by atoms with Crippen molar-refractivity contribution >= 4 is 22.7 Å². The maximum absolute atomic E-state index is 12.6. The summed E-state index contributed by atoms with van der Waals surface area (Å²) in [7, 11) is 0. The lowest BCUT2D eigenvalue weighted by Gasteiger charge is -2.24. The van der Waals surface area contributed by atoms with Crippen molar-refractivity contribution in [1.82, 2.24) is 14.3 Å². The Morgan fingerprint density at radius 3 is 2.83 bits per heavy atom. The zero-order chi connectivity index (χ0) is 16.4. The van der Waals surface area contributed by atoms with Gasteiger partial charge in [-0.15, -0.1) is 0 Å². The van der Waals surface area contributed by atoms with Crippen LogP contribution in [-0.2, 0) is 4.74 Å². The lowest BCUT2D eigenvalue weighted by Crippen LogP contribution is -2.40. The molecule has 2 fully saturated rings. The Balaban J connectivity index is 1.42. The molecule has 1 N–H and O–H groups in total. The molecular formula is C17H20N4O2S. The van der Waals surface area contributed by atoms with Gasteiger partial charge in [0.05, 0.1) is 6.61 Å². The van der Waals surface area contributed by atoms with Crippen LogP contribution in [0, 0.1) is 5.92 Å². The van der Waals surface area contributed by atoms with Gasteiger partial charge in [-0.3, -0.25) is 5.32 Å². The number of urea groups is 1. The van der Waals surface area contributed by atoms with Crippen LogP contribution >= 0.6 is 11.5 Å². The molecule has 1 saturated heterocycles. The van der Waals surface area contributed by atoms with Crippen molar-refractivity contribution in [3.05, 3.63) is 30.3 Å². The summed E-state index contributed by atoms with van der Waals surface area (Å²) < 4.78 is 9.77. The Bertz CT molecular complexity index is 696. The first-order valence-electron chi connectivity index (χ1n) is 8.34. The number of ether oxygens (including phenoxy) is 1. The number of carbonyl (C=O) groups is 1. The summed E-state index contributed by atoms with van der Waals surface area (Å²) in [5, 5.41) is 3.47. The number of nitrogens with zero attached hydrogens (tertiary/aromatic N) is 3. The second kappa shape index (κ2) is 6.86. The van der Waals surface area contributed by atoms with Gasteiger partial charge in [0.15, 0.2) is 5.82 Å². The molecule has 0 spiro atoms. The fourth-order valence-electron chi connectivity index (χ4n) is 2.93. The molecule has 0 radical (unpaired) electrons. The van der Waals surface area contributed by atoms with E-state index >= 15 is 0 Å². The molecule has 0 bridgehead atoms. The number of benzene rings is 1. The highest BCUT2D eigenvalue weighted by molar-refractivity contribution is 7.10. The second-order valence-corrected chi connectivity index (χ2v) is 7.08. The van der Waals surface area contributed by atoms with E-state index < -0.39 is 0 Å². The third-order valence-corrected chi connectivity index (χ3v) is 5.03. The quantitative estimate of drug-likeness (QED) is 0.904. The highest BCUT2D eigenvalue weighted by Crippen LogP contribution is 2.30. The molecule has 1 aromatic carbocycles. The number of hydrogen-bond donors (Lipinski definition) is 1. The Morgan fingerprint density at radius 2 is 2.12 bits per heavy atom. The molecule has 2 aliphatic rings. The van der Waals surface area contributed by atoms with E-state index in [-0.39, 0.29) is 6.03 Å². The monoisotopic (exact) mass is 344 g/mol. The first kappa shape index (κ1) is 15.5. The van der Waals surface area contributed by atoms with E-state index in [4.69, 9.17) is 4.74 Å². The minimum Gasteiger partial charge on any atom is -0.381 e. The van der Waals surface area contributed by atoms with Crippen molar-refractivity contribution in [1.29, 1.82) is 0 Å². The normalized spacial score (nSPS) is 20.1. The molecule has 2 heterocycles. The standard InChI is InChI=1S/C17H20N4O2S/c22-17(21(14-6-7-14)10-12-8-9-23-11-12)19-16-18-15(20-24-16)13-4-2-1-3-5-13/h1-5,12,14H,6-11H2,(H,18,19,20,22). The maximum atomic E-state index is 12.6. The smallest absolute Gasteiger partial charge is 0.323 e. The van der Waals surface area contributed by atoms with Gasteiger partial charge in [0, 0.05) is 42.2 Å². The molecule has 24 heavy (non-hydrogen) atoms. The van der Waals surface area contributed by atoms with Gasteiger partial charge in [-0.1, -0.05) is 30.3 Å². The van der Waals surface area contributed by atoms with Crippen LogP contribution in [0.4, 0.5) is 9.93 Å². The molecule has 6 nitrogen and oxygen atoms in total. The average molecular weight is 344 g/mol. The van der Waals surface area contributed by atoms with Crippen molar-refractivity contribution in [2.75, 3.05) is 25.1 Å². The molecule has 126 valence electrons. The topological polar surface area (TPSA) is 67.4 Å². The number of hydrogen-bond acceptors (Lipinski definition) is 5. The van der Waals surface area contributed by atoms with E-state index in [1.807, 2.05) is 35.2 Å². The molecular weight excluding hydrogens is 324 g/mol. The van der Waals surface area contributed by atoms with Crippen LogP contribution in [0.5, 0.6) is 0 Å². The van der Waals surface area contributed by atoms with Crippen molar-refractivity contribution < 1.29 is 9.53 Å². The minimum absolute atomic E-state index is 0.0693. The van der Waals surface area contributed by atoms with Crippen molar-refractivity contribution in [2.24, 2.45) is 5.92 Å². The third-order valence-electron chi connectivity index (χ3n) is 4.40. The summed E-state index contributed by atoms with van der Waals surface area (Å²) in [6, 6.07) is 10.1. The van der Waals surface area contributed by atoms with Crippen LogP contribution in [0.1, 0.15) is 19.3 Å². The third kappa shape index (κ3) is 3.57. The van der Waals surface area contributed by atoms with Crippen molar-refractivity contribution in [3.8, 4) is 11.4 Å². The fraction of sp³-hybridized carbons (Fsp3) is 0.471. The Hall–Kier alpha value is -1.99. The molecule has 1 aromatic heterocycles. The van der Waals surface area contributed by atoms with E-state index in [0.29, 0.717) is 22.9 Å². The van der Waals surface area contributed by atoms with Gasteiger partial charge in [0.1, 0.15) is 0 Å². The number of carbonyl (C=O) groups excluding carboxylic acids is 1. The summed E-state index contributed by atoms with van der Waals surface area (Å²) in [4.78, 5) is 19.0. The predicted molar refractivity (Wildman–Crippen MR) is 93.0 cm³/mol. The number of nitrogens with one attached hydrogen (secondary N) is 1. The summed E-state index contributed by atoms with van der Waals surface area (Å²) in [5.41, 5.74) is 0.955. The number of aromatic nitrogens is 2. The molecule has 2 aromatic rings. The Kier molecular flexibility index (Phi) is 4.44. The van der Waals surface area contributed by atoms with Gasteiger partial charge in [0.25, 0.3) is 0 Å². The van der Waals surface area contributed by atoms with E-state index in [0.717, 1.165) is 44.6 Å². The zero-order valence-electron chi connectivity index (χ0n) is 13.4. The van der Waals surface area contributed by atoms with Crippen LogP contribution in [0.3, 0.4) is 0 Å². The Labute approximate surface area is 145 Å². The van der Waals surface area contributed by atoms with Crippen LogP contribution in [0.15, 0.2) is 30.3 Å². The number of rotatable bonds is 5. The summed E-state index contributed by atoms with van der Waals surface area (Å²) in [5.74, 6) is 1.10. The molecule has 4 rings (SSSR count). The van der Waals surface area contributed by atoms with Crippen molar-refractivity contribution in [3.63, 3.8) is 0 Å². The second-order valence-electron chi connectivity index (χ2n) is 6.33. The molecule has 7 heteroatoms. The zero-order valence-corrected chi connectivity index (χ0v) is 14.2.